The van der Waals surface area contributed by atoms with Crippen LogP contribution in [-0.4, -0.2) is 27.2 Å². The summed E-state index contributed by atoms with van der Waals surface area (Å²) in [6.45, 7) is 7.97. The molecular weight excluding hydrogens is 258 g/mol. The minimum Gasteiger partial charge on any atom is -0.481 e. The number of hydrogen-bond donors (Lipinski definition) is 2. The Morgan fingerprint density at radius 2 is 2.05 bits per heavy atom. The molecule has 0 aliphatic carbocycles. The second-order valence-corrected chi connectivity index (χ2v) is 5.63. The van der Waals surface area contributed by atoms with Crippen molar-refractivity contribution in [3.8, 4) is 0 Å². The van der Waals surface area contributed by atoms with E-state index in [1.165, 1.54) is 0 Å². The van der Waals surface area contributed by atoms with Gasteiger partial charge < -0.3 is 15.0 Å². The van der Waals surface area contributed by atoms with Gasteiger partial charge in [0.15, 0.2) is 5.82 Å². The monoisotopic (exact) mass is 281 g/mol. The summed E-state index contributed by atoms with van der Waals surface area (Å²) >= 11 is 0. The summed E-state index contributed by atoms with van der Waals surface area (Å²) in [7, 11) is 0. The van der Waals surface area contributed by atoms with Gasteiger partial charge in [0.05, 0.1) is 5.92 Å². The van der Waals surface area contributed by atoms with Crippen LogP contribution >= 0.6 is 0 Å². The van der Waals surface area contributed by atoms with Crippen LogP contribution in [0, 0.1) is 11.8 Å². The van der Waals surface area contributed by atoms with Crippen molar-refractivity contribution < 1.29 is 9.90 Å². The van der Waals surface area contributed by atoms with Gasteiger partial charge in [-0.2, -0.15) is 0 Å². The largest absolute Gasteiger partial charge is 0.481 e. The SMILES string of the molecule is CC(C)CC(CNc1nccn(C(C)C)c1=O)C(=O)O. The highest BCUT2D eigenvalue weighted by Crippen LogP contribution is 2.12. The van der Waals surface area contributed by atoms with Gasteiger partial charge in [0.1, 0.15) is 0 Å². The summed E-state index contributed by atoms with van der Waals surface area (Å²) in [6.07, 6.45) is 3.73. The maximum Gasteiger partial charge on any atom is 0.308 e. The fourth-order valence-corrected chi connectivity index (χ4v) is 2.01. The van der Waals surface area contributed by atoms with E-state index in [1.807, 2.05) is 27.7 Å². The van der Waals surface area contributed by atoms with Crippen LogP contribution in [0.3, 0.4) is 0 Å². The van der Waals surface area contributed by atoms with Gasteiger partial charge in [-0.1, -0.05) is 13.8 Å². The maximum absolute atomic E-state index is 12.1. The molecule has 0 amide bonds. The number of hydrogen-bond acceptors (Lipinski definition) is 4. The molecule has 6 nitrogen and oxygen atoms in total. The van der Waals surface area contributed by atoms with Crippen LogP contribution < -0.4 is 10.9 Å². The Hall–Kier alpha value is -1.85. The van der Waals surface area contributed by atoms with Gasteiger partial charge in [0, 0.05) is 25.0 Å². The number of aliphatic carboxylic acids is 1. The number of nitrogens with zero attached hydrogens (tertiary/aromatic N) is 2. The molecule has 20 heavy (non-hydrogen) atoms. The van der Waals surface area contributed by atoms with E-state index in [0.29, 0.717) is 6.42 Å². The number of carboxylic acid groups (broad SMARTS) is 1. The average molecular weight is 281 g/mol. The Morgan fingerprint density at radius 3 is 2.55 bits per heavy atom. The van der Waals surface area contributed by atoms with Crippen molar-refractivity contribution in [1.82, 2.24) is 9.55 Å². The smallest absolute Gasteiger partial charge is 0.308 e. The molecule has 1 aromatic heterocycles. The molecule has 0 saturated carbocycles. The highest BCUT2D eigenvalue weighted by Gasteiger charge is 2.19. The molecule has 6 heteroatoms. The van der Waals surface area contributed by atoms with Crippen molar-refractivity contribution in [3.05, 3.63) is 22.7 Å². The van der Waals surface area contributed by atoms with E-state index < -0.39 is 11.9 Å². The third kappa shape index (κ3) is 4.36. The number of nitrogens with one attached hydrogen (secondary N) is 1. The van der Waals surface area contributed by atoms with E-state index >= 15 is 0 Å². The minimum absolute atomic E-state index is 0.0389. The molecule has 1 atom stereocenters. The predicted molar refractivity (Wildman–Crippen MR) is 78.0 cm³/mol. The summed E-state index contributed by atoms with van der Waals surface area (Å²) in [5.41, 5.74) is -0.226. The minimum atomic E-state index is -0.855. The first-order valence-corrected chi connectivity index (χ1v) is 6.86. The Morgan fingerprint density at radius 1 is 1.40 bits per heavy atom. The zero-order valence-corrected chi connectivity index (χ0v) is 12.5. The van der Waals surface area contributed by atoms with Crippen molar-refractivity contribution in [1.29, 1.82) is 0 Å². The van der Waals surface area contributed by atoms with Crippen molar-refractivity contribution >= 4 is 11.8 Å². The van der Waals surface area contributed by atoms with E-state index in [2.05, 4.69) is 10.3 Å². The molecule has 0 spiro atoms. The molecule has 0 saturated heterocycles. The lowest BCUT2D eigenvalue weighted by molar-refractivity contribution is -0.141. The molecule has 0 aliphatic rings. The van der Waals surface area contributed by atoms with Crippen LogP contribution in [0.4, 0.5) is 5.82 Å². The second-order valence-electron chi connectivity index (χ2n) is 5.63. The van der Waals surface area contributed by atoms with Crippen LogP contribution in [0.25, 0.3) is 0 Å². The van der Waals surface area contributed by atoms with Crippen molar-refractivity contribution in [2.75, 3.05) is 11.9 Å². The van der Waals surface area contributed by atoms with Crippen LogP contribution in [-0.2, 0) is 4.79 Å². The molecule has 0 aromatic carbocycles. The van der Waals surface area contributed by atoms with E-state index in [9.17, 15) is 9.59 Å². The molecule has 0 radical (unpaired) electrons. The fraction of sp³-hybridized carbons (Fsp3) is 0.643. The Labute approximate surface area is 118 Å². The molecule has 1 unspecified atom stereocenters. The van der Waals surface area contributed by atoms with Crippen molar-refractivity contribution in [3.63, 3.8) is 0 Å². The maximum atomic E-state index is 12.1. The van der Waals surface area contributed by atoms with Gasteiger partial charge in [-0.05, 0) is 26.2 Å². The number of carbonyl (C=O) groups is 1. The number of rotatable bonds is 7. The normalized spacial score (nSPS) is 12.7. The van der Waals surface area contributed by atoms with E-state index in [-0.39, 0.29) is 29.9 Å². The van der Waals surface area contributed by atoms with Crippen LogP contribution in [0.1, 0.15) is 40.2 Å². The summed E-state index contributed by atoms with van der Waals surface area (Å²) in [5.74, 6) is -0.889. The standard InChI is InChI=1S/C14H23N3O3/c1-9(2)7-11(14(19)20)8-16-12-13(18)17(10(3)4)6-5-15-12/h5-6,9-11H,7-8H2,1-4H3,(H,15,16)(H,19,20). The Balaban J connectivity index is 2.81. The quantitative estimate of drug-likeness (QED) is 0.798. The lowest BCUT2D eigenvalue weighted by Crippen LogP contribution is -2.30. The summed E-state index contributed by atoms with van der Waals surface area (Å²) in [6, 6.07) is 0.0389. The molecule has 0 fully saturated rings. The molecular formula is C14H23N3O3. The summed E-state index contributed by atoms with van der Waals surface area (Å²) < 4.78 is 1.56. The Kier molecular flexibility index (Phi) is 5.73. The average Bonchev–Trinajstić information content (AvgIpc) is 2.34. The third-order valence-electron chi connectivity index (χ3n) is 3.05. The van der Waals surface area contributed by atoms with Crippen molar-refractivity contribution in [2.45, 2.75) is 40.2 Å². The lowest BCUT2D eigenvalue weighted by atomic mass is 9.97. The molecule has 0 aliphatic heterocycles. The summed E-state index contributed by atoms with van der Waals surface area (Å²) in [4.78, 5) is 27.3. The molecule has 0 bridgehead atoms. The topological polar surface area (TPSA) is 84.2 Å². The van der Waals surface area contributed by atoms with Gasteiger partial charge in [-0.25, -0.2) is 4.98 Å². The number of aromatic nitrogens is 2. The second kappa shape index (κ2) is 7.07. The van der Waals surface area contributed by atoms with Gasteiger partial charge in [-0.15, -0.1) is 0 Å². The van der Waals surface area contributed by atoms with E-state index in [1.54, 1.807) is 17.0 Å². The molecule has 1 heterocycles. The number of carboxylic acids is 1. The lowest BCUT2D eigenvalue weighted by Gasteiger charge is -2.16. The van der Waals surface area contributed by atoms with Gasteiger partial charge >= 0.3 is 5.97 Å². The van der Waals surface area contributed by atoms with E-state index in [4.69, 9.17) is 5.11 Å². The number of anilines is 1. The third-order valence-corrected chi connectivity index (χ3v) is 3.05. The van der Waals surface area contributed by atoms with Crippen LogP contribution in [0.2, 0.25) is 0 Å². The van der Waals surface area contributed by atoms with Gasteiger partial charge in [-0.3, -0.25) is 9.59 Å². The first-order chi connectivity index (χ1) is 9.32. The first kappa shape index (κ1) is 16.2. The summed E-state index contributed by atoms with van der Waals surface area (Å²) in [5, 5.41) is 12.0. The first-order valence-electron chi connectivity index (χ1n) is 6.86. The fourth-order valence-electron chi connectivity index (χ4n) is 2.01. The predicted octanol–water partition coefficient (Wildman–Crippen LogP) is 1.98. The molecule has 1 rings (SSSR count). The van der Waals surface area contributed by atoms with Crippen molar-refractivity contribution in [2.24, 2.45) is 11.8 Å². The van der Waals surface area contributed by atoms with Gasteiger partial charge in [0.2, 0.25) is 0 Å². The zero-order valence-electron chi connectivity index (χ0n) is 12.5. The zero-order chi connectivity index (χ0) is 15.3. The van der Waals surface area contributed by atoms with Gasteiger partial charge in [0.25, 0.3) is 5.56 Å². The highest BCUT2D eigenvalue weighted by atomic mass is 16.4. The molecule has 112 valence electrons. The highest BCUT2D eigenvalue weighted by molar-refractivity contribution is 5.70. The molecule has 2 N–H and O–H groups in total. The molecule has 1 aromatic rings. The van der Waals surface area contributed by atoms with Crippen LogP contribution in [0.5, 0.6) is 0 Å². The van der Waals surface area contributed by atoms with E-state index in [0.717, 1.165) is 0 Å². The Bertz CT molecular complexity index is 509. The van der Waals surface area contributed by atoms with Crippen LogP contribution in [0.15, 0.2) is 17.2 Å².